The Morgan fingerprint density at radius 1 is 0.680 bits per heavy atom. The molecule has 0 aliphatic carbocycles. The molecule has 0 fully saturated rings. The first-order chi connectivity index (χ1) is 12.0. The zero-order valence-corrected chi connectivity index (χ0v) is 14.4. The van der Waals surface area contributed by atoms with Gasteiger partial charge < -0.3 is 9.84 Å². The third kappa shape index (κ3) is 2.97. The van der Waals surface area contributed by atoms with Crippen LogP contribution in [0.25, 0.3) is 32.7 Å². The molecular formula is C23H20O2. The Kier molecular flexibility index (Phi) is 3.70. The molecule has 0 saturated heterocycles. The molecule has 0 atom stereocenters. The number of hydrogen-bond donors (Lipinski definition) is 1. The van der Waals surface area contributed by atoms with E-state index < -0.39 is 5.79 Å². The topological polar surface area (TPSA) is 29.5 Å². The van der Waals surface area contributed by atoms with Crippen molar-refractivity contribution in [2.24, 2.45) is 0 Å². The quantitative estimate of drug-likeness (QED) is 0.484. The fraction of sp³-hybridized carbons (Fsp3) is 0.130. The third-order valence-corrected chi connectivity index (χ3v) is 4.31. The minimum atomic E-state index is -1.25. The molecule has 1 N–H and O–H groups in total. The van der Waals surface area contributed by atoms with E-state index in [0.29, 0.717) is 5.75 Å². The Balaban J connectivity index is 2.09. The van der Waals surface area contributed by atoms with E-state index in [-0.39, 0.29) is 0 Å². The van der Waals surface area contributed by atoms with Crippen molar-refractivity contribution >= 4 is 21.5 Å². The van der Waals surface area contributed by atoms with Crippen LogP contribution < -0.4 is 4.74 Å². The second-order valence-electron chi connectivity index (χ2n) is 6.74. The maximum atomic E-state index is 10.2. The normalized spacial score (nSPS) is 11.8. The van der Waals surface area contributed by atoms with Gasteiger partial charge in [-0.05, 0) is 33.2 Å². The molecule has 0 amide bonds. The van der Waals surface area contributed by atoms with Crippen LogP contribution in [0.3, 0.4) is 0 Å². The fourth-order valence-corrected chi connectivity index (χ4v) is 3.33. The molecule has 4 rings (SSSR count). The molecule has 25 heavy (non-hydrogen) atoms. The molecule has 4 aromatic carbocycles. The van der Waals surface area contributed by atoms with Crippen molar-refractivity contribution in [1.29, 1.82) is 0 Å². The first kappa shape index (κ1) is 15.7. The van der Waals surface area contributed by atoms with E-state index in [0.717, 1.165) is 21.9 Å². The van der Waals surface area contributed by atoms with Crippen molar-refractivity contribution in [3.63, 3.8) is 0 Å². The van der Waals surface area contributed by atoms with E-state index in [4.69, 9.17) is 4.74 Å². The van der Waals surface area contributed by atoms with Gasteiger partial charge in [0.15, 0.2) is 0 Å². The Hall–Kier alpha value is -2.84. The van der Waals surface area contributed by atoms with Crippen LogP contribution in [0.4, 0.5) is 0 Å². The number of fused-ring (bicyclic) bond motifs is 2. The molecule has 0 unspecified atom stereocenters. The fourth-order valence-electron chi connectivity index (χ4n) is 3.33. The summed E-state index contributed by atoms with van der Waals surface area (Å²) in [4.78, 5) is 0. The van der Waals surface area contributed by atoms with Crippen LogP contribution >= 0.6 is 0 Å². The predicted molar refractivity (Wildman–Crippen MR) is 104 cm³/mol. The molecule has 0 aromatic heterocycles. The molecule has 0 spiro atoms. The summed E-state index contributed by atoms with van der Waals surface area (Å²) in [5, 5.41) is 14.8. The Morgan fingerprint density at radius 3 is 2.00 bits per heavy atom. The summed E-state index contributed by atoms with van der Waals surface area (Å²) in [6, 6.07) is 26.9. The lowest BCUT2D eigenvalue weighted by atomic mass is 9.93. The predicted octanol–water partition coefficient (Wildman–Crippen LogP) is 5.77. The summed E-state index contributed by atoms with van der Waals surface area (Å²) in [5.41, 5.74) is 2.12. The lowest BCUT2D eigenvalue weighted by Gasteiger charge is -2.23. The van der Waals surface area contributed by atoms with Crippen molar-refractivity contribution in [2.45, 2.75) is 19.6 Å². The van der Waals surface area contributed by atoms with Gasteiger partial charge in [0.2, 0.25) is 5.79 Å². The van der Waals surface area contributed by atoms with Gasteiger partial charge >= 0.3 is 0 Å². The Bertz CT molecular complexity index is 1050. The lowest BCUT2D eigenvalue weighted by Crippen LogP contribution is -2.27. The van der Waals surface area contributed by atoms with Crippen LogP contribution in [0, 0.1) is 0 Å². The molecule has 0 aliphatic rings. The van der Waals surface area contributed by atoms with Crippen LogP contribution in [0.5, 0.6) is 5.75 Å². The summed E-state index contributed by atoms with van der Waals surface area (Å²) >= 11 is 0. The first-order valence-corrected chi connectivity index (χ1v) is 8.44. The van der Waals surface area contributed by atoms with Crippen LogP contribution in [0.15, 0.2) is 78.9 Å². The maximum Gasteiger partial charge on any atom is 0.202 e. The van der Waals surface area contributed by atoms with Gasteiger partial charge in [0.1, 0.15) is 5.75 Å². The maximum absolute atomic E-state index is 10.2. The van der Waals surface area contributed by atoms with Crippen LogP contribution in [-0.2, 0) is 0 Å². The highest BCUT2D eigenvalue weighted by molar-refractivity contribution is 6.07. The van der Waals surface area contributed by atoms with Crippen molar-refractivity contribution in [3.8, 4) is 16.9 Å². The first-order valence-electron chi connectivity index (χ1n) is 8.44. The summed E-state index contributed by atoms with van der Waals surface area (Å²) in [6.45, 7) is 3.30. The second-order valence-corrected chi connectivity index (χ2v) is 6.74. The van der Waals surface area contributed by atoms with Gasteiger partial charge in [0, 0.05) is 19.4 Å². The monoisotopic (exact) mass is 328 g/mol. The molecule has 2 nitrogen and oxygen atoms in total. The minimum Gasteiger partial charge on any atom is -0.463 e. The number of ether oxygens (including phenoxy) is 1. The highest BCUT2D eigenvalue weighted by Gasteiger charge is 2.20. The largest absolute Gasteiger partial charge is 0.463 e. The van der Waals surface area contributed by atoms with E-state index >= 15 is 0 Å². The molecular weight excluding hydrogens is 308 g/mol. The van der Waals surface area contributed by atoms with Gasteiger partial charge in [-0.2, -0.15) is 0 Å². The van der Waals surface area contributed by atoms with Gasteiger partial charge in [-0.3, -0.25) is 0 Å². The molecule has 0 aliphatic heterocycles. The molecule has 4 aromatic rings. The summed E-state index contributed by atoms with van der Waals surface area (Å²) < 4.78 is 5.90. The Morgan fingerprint density at radius 2 is 1.28 bits per heavy atom. The van der Waals surface area contributed by atoms with Crippen molar-refractivity contribution < 1.29 is 9.84 Å². The van der Waals surface area contributed by atoms with E-state index in [1.165, 1.54) is 10.8 Å². The van der Waals surface area contributed by atoms with Crippen molar-refractivity contribution in [3.05, 3.63) is 78.9 Å². The molecule has 0 saturated carbocycles. The number of rotatable bonds is 3. The highest BCUT2D eigenvalue weighted by Crippen LogP contribution is 2.41. The van der Waals surface area contributed by atoms with Crippen LogP contribution in [0.2, 0.25) is 0 Å². The smallest absolute Gasteiger partial charge is 0.202 e. The number of hydrogen-bond acceptors (Lipinski definition) is 2. The van der Waals surface area contributed by atoms with E-state index in [1.807, 2.05) is 36.4 Å². The molecule has 0 heterocycles. The van der Waals surface area contributed by atoms with E-state index in [1.54, 1.807) is 13.8 Å². The van der Waals surface area contributed by atoms with Gasteiger partial charge in [-0.15, -0.1) is 0 Å². The average molecular weight is 328 g/mol. The number of benzene rings is 4. The Labute approximate surface area is 147 Å². The number of aliphatic hydroxyl groups is 1. The van der Waals surface area contributed by atoms with Gasteiger partial charge in [0.25, 0.3) is 0 Å². The second kappa shape index (κ2) is 5.91. The third-order valence-electron chi connectivity index (χ3n) is 4.31. The van der Waals surface area contributed by atoms with Gasteiger partial charge in [0.05, 0.1) is 0 Å². The van der Waals surface area contributed by atoms with Crippen LogP contribution in [0.1, 0.15) is 13.8 Å². The van der Waals surface area contributed by atoms with Crippen LogP contribution in [-0.4, -0.2) is 10.9 Å². The minimum absolute atomic E-state index is 0.683. The van der Waals surface area contributed by atoms with E-state index in [9.17, 15) is 5.11 Å². The highest BCUT2D eigenvalue weighted by atomic mass is 16.6. The average Bonchev–Trinajstić information content (AvgIpc) is 2.60. The van der Waals surface area contributed by atoms with Gasteiger partial charge in [-0.25, -0.2) is 0 Å². The van der Waals surface area contributed by atoms with E-state index in [2.05, 4.69) is 42.5 Å². The summed E-state index contributed by atoms with van der Waals surface area (Å²) in [5.74, 6) is -0.565. The van der Waals surface area contributed by atoms with Crippen molar-refractivity contribution in [1.82, 2.24) is 0 Å². The summed E-state index contributed by atoms with van der Waals surface area (Å²) in [7, 11) is 0. The standard InChI is InChI=1S/C23H20O2/c1-23(2,24)25-21-15-14-17-9-4-6-12-19(17)22(21)20-13-7-10-16-8-3-5-11-18(16)20/h3-15,24H,1-2H3. The zero-order chi connectivity index (χ0) is 17.4. The molecule has 0 bridgehead atoms. The molecule has 2 heteroatoms. The molecule has 0 radical (unpaired) electrons. The van der Waals surface area contributed by atoms with Crippen molar-refractivity contribution in [2.75, 3.05) is 0 Å². The lowest BCUT2D eigenvalue weighted by molar-refractivity contribution is -0.104. The zero-order valence-electron chi connectivity index (χ0n) is 14.4. The van der Waals surface area contributed by atoms with Gasteiger partial charge in [-0.1, -0.05) is 72.8 Å². The summed E-state index contributed by atoms with van der Waals surface area (Å²) in [6.07, 6.45) is 0. The SMILES string of the molecule is CC(C)(O)Oc1ccc2ccccc2c1-c1cccc2ccccc12. The molecule has 124 valence electrons.